The smallest absolute Gasteiger partial charge is 0.416 e. The molecule has 0 amide bonds. The summed E-state index contributed by atoms with van der Waals surface area (Å²) in [6.07, 6.45) is -4.35. The lowest BCUT2D eigenvalue weighted by Crippen LogP contribution is -2.18. The van der Waals surface area contributed by atoms with Gasteiger partial charge in [0.15, 0.2) is 0 Å². The standard InChI is InChI=1S/C25H27F3N2O/c1-17(20-6-5-7-22(15-20)30(2)3)29-16-18-8-13-24(31-4)23(14-18)19-9-11-21(12-10-19)25(26,27)28/h5-15,17,29H,16H2,1-4H3. The maximum Gasteiger partial charge on any atom is 0.416 e. The fourth-order valence-electron chi connectivity index (χ4n) is 3.39. The molecule has 6 heteroatoms. The van der Waals surface area contributed by atoms with Gasteiger partial charge in [-0.15, -0.1) is 0 Å². The molecule has 1 unspecified atom stereocenters. The SMILES string of the molecule is COc1ccc(CNC(C)c2cccc(N(C)C)c2)cc1-c1ccc(C(F)(F)F)cc1. The lowest BCUT2D eigenvalue weighted by molar-refractivity contribution is -0.137. The predicted molar refractivity (Wildman–Crippen MR) is 119 cm³/mol. The fraction of sp³-hybridized carbons (Fsp3) is 0.280. The Hall–Kier alpha value is -2.99. The molecular weight excluding hydrogens is 401 g/mol. The van der Waals surface area contributed by atoms with Crippen molar-refractivity contribution in [2.24, 2.45) is 0 Å². The molecule has 1 atom stereocenters. The summed E-state index contributed by atoms with van der Waals surface area (Å²) in [5, 5.41) is 3.52. The van der Waals surface area contributed by atoms with Crippen molar-refractivity contribution in [1.82, 2.24) is 5.32 Å². The Kier molecular flexibility index (Phi) is 6.91. The Morgan fingerprint density at radius 3 is 2.29 bits per heavy atom. The number of halogens is 3. The molecule has 0 fully saturated rings. The lowest BCUT2D eigenvalue weighted by Gasteiger charge is -2.19. The summed E-state index contributed by atoms with van der Waals surface area (Å²) in [5.41, 5.74) is 4.12. The molecular formula is C25H27F3N2O. The molecule has 31 heavy (non-hydrogen) atoms. The summed E-state index contributed by atoms with van der Waals surface area (Å²) in [5.74, 6) is 0.621. The van der Waals surface area contributed by atoms with Gasteiger partial charge < -0.3 is 15.0 Å². The minimum Gasteiger partial charge on any atom is -0.496 e. The van der Waals surface area contributed by atoms with Crippen LogP contribution in [0.1, 0.15) is 29.7 Å². The van der Waals surface area contributed by atoms with Crippen LogP contribution in [0.5, 0.6) is 5.75 Å². The van der Waals surface area contributed by atoms with E-state index in [0.29, 0.717) is 17.9 Å². The van der Waals surface area contributed by atoms with Gasteiger partial charge in [-0.05, 0) is 60.0 Å². The van der Waals surface area contributed by atoms with E-state index in [2.05, 4.69) is 35.3 Å². The number of ether oxygens (including phenoxy) is 1. The van der Waals surface area contributed by atoms with Gasteiger partial charge in [0, 0.05) is 37.9 Å². The lowest BCUT2D eigenvalue weighted by atomic mass is 10.00. The van der Waals surface area contributed by atoms with Gasteiger partial charge in [0.1, 0.15) is 5.75 Å². The Morgan fingerprint density at radius 2 is 1.68 bits per heavy atom. The summed E-state index contributed by atoms with van der Waals surface area (Å²) in [4.78, 5) is 2.07. The largest absolute Gasteiger partial charge is 0.496 e. The summed E-state index contributed by atoms with van der Waals surface area (Å²) < 4.78 is 44.1. The van der Waals surface area contributed by atoms with E-state index in [1.165, 1.54) is 17.7 Å². The molecule has 0 saturated carbocycles. The maximum absolute atomic E-state index is 12.9. The number of methoxy groups -OCH3 is 1. The zero-order chi connectivity index (χ0) is 22.6. The average molecular weight is 428 g/mol. The summed E-state index contributed by atoms with van der Waals surface area (Å²) in [6, 6.07) is 19.4. The van der Waals surface area contributed by atoms with Gasteiger partial charge in [0.2, 0.25) is 0 Å². The van der Waals surface area contributed by atoms with Crippen LogP contribution in [0.15, 0.2) is 66.7 Å². The normalized spacial score (nSPS) is 12.5. The number of nitrogens with zero attached hydrogens (tertiary/aromatic N) is 1. The van der Waals surface area contributed by atoms with Crippen LogP contribution in [0, 0.1) is 0 Å². The van der Waals surface area contributed by atoms with Crippen molar-refractivity contribution in [2.45, 2.75) is 25.7 Å². The Morgan fingerprint density at radius 1 is 0.968 bits per heavy atom. The highest BCUT2D eigenvalue weighted by Crippen LogP contribution is 2.34. The Bertz CT molecular complexity index is 1010. The van der Waals surface area contributed by atoms with Crippen LogP contribution in [0.4, 0.5) is 18.9 Å². The van der Waals surface area contributed by atoms with E-state index < -0.39 is 11.7 Å². The van der Waals surface area contributed by atoms with E-state index >= 15 is 0 Å². The highest BCUT2D eigenvalue weighted by Gasteiger charge is 2.30. The van der Waals surface area contributed by atoms with Gasteiger partial charge in [0.05, 0.1) is 12.7 Å². The van der Waals surface area contributed by atoms with Crippen molar-refractivity contribution in [3.05, 3.63) is 83.4 Å². The van der Waals surface area contributed by atoms with Crippen molar-refractivity contribution in [3.63, 3.8) is 0 Å². The van der Waals surface area contributed by atoms with Crippen molar-refractivity contribution in [1.29, 1.82) is 0 Å². The number of rotatable bonds is 7. The molecule has 3 nitrogen and oxygen atoms in total. The van der Waals surface area contributed by atoms with E-state index in [4.69, 9.17) is 4.74 Å². The van der Waals surface area contributed by atoms with Gasteiger partial charge in [0.25, 0.3) is 0 Å². The van der Waals surface area contributed by atoms with Crippen LogP contribution in [-0.4, -0.2) is 21.2 Å². The molecule has 0 aromatic heterocycles. The quantitative estimate of drug-likeness (QED) is 0.478. The highest BCUT2D eigenvalue weighted by molar-refractivity contribution is 5.71. The van der Waals surface area contributed by atoms with E-state index in [-0.39, 0.29) is 6.04 Å². The summed E-state index contributed by atoms with van der Waals surface area (Å²) in [7, 11) is 5.58. The topological polar surface area (TPSA) is 24.5 Å². The molecule has 0 aliphatic heterocycles. The molecule has 1 N–H and O–H groups in total. The zero-order valence-corrected chi connectivity index (χ0v) is 18.1. The van der Waals surface area contributed by atoms with Gasteiger partial charge in [-0.25, -0.2) is 0 Å². The monoisotopic (exact) mass is 428 g/mol. The molecule has 0 aliphatic rings. The third-order valence-corrected chi connectivity index (χ3v) is 5.29. The van der Waals surface area contributed by atoms with Crippen LogP contribution < -0.4 is 15.0 Å². The van der Waals surface area contributed by atoms with Crippen molar-refractivity contribution in [3.8, 4) is 16.9 Å². The van der Waals surface area contributed by atoms with Gasteiger partial charge in [-0.2, -0.15) is 13.2 Å². The maximum atomic E-state index is 12.9. The predicted octanol–water partition coefficient (Wildman–Crippen LogP) is 6.30. The second-order valence-electron chi connectivity index (χ2n) is 7.70. The first-order valence-electron chi connectivity index (χ1n) is 10.0. The first-order chi connectivity index (χ1) is 14.7. The van der Waals surface area contributed by atoms with Gasteiger partial charge in [-0.3, -0.25) is 0 Å². The Labute approximate surface area is 181 Å². The van der Waals surface area contributed by atoms with Crippen LogP contribution in [-0.2, 0) is 12.7 Å². The number of anilines is 1. The van der Waals surface area contributed by atoms with Crippen molar-refractivity contribution >= 4 is 5.69 Å². The van der Waals surface area contributed by atoms with E-state index in [1.54, 1.807) is 7.11 Å². The number of nitrogens with one attached hydrogen (secondary N) is 1. The van der Waals surface area contributed by atoms with Crippen LogP contribution in [0.3, 0.4) is 0 Å². The van der Waals surface area contributed by atoms with E-state index in [0.717, 1.165) is 28.9 Å². The third-order valence-electron chi connectivity index (χ3n) is 5.29. The molecule has 164 valence electrons. The summed E-state index contributed by atoms with van der Waals surface area (Å²) in [6.45, 7) is 2.72. The van der Waals surface area contributed by atoms with E-state index in [9.17, 15) is 13.2 Å². The number of alkyl halides is 3. The highest BCUT2D eigenvalue weighted by atomic mass is 19.4. The van der Waals surface area contributed by atoms with Gasteiger partial charge >= 0.3 is 6.18 Å². The summed E-state index contributed by atoms with van der Waals surface area (Å²) >= 11 is 0. The van der Waals surface area contributed by atoms with Crippen LogP contribution in [0.2, 0.25) is 0 Å². The van der Waals surface area contributed by atoms with Crippen LogP contribution in [0.25, 0.3) is 11.1 Å². The first kappa shape index (κ1) is 22.7. The minimum absolute atomic E-state index is 0.136. The molecule has 0 heterocycles. The molecule has 3 aromatic carbocycles. The molecule has 0 aliphatic carbocycles. The molecule has 0 spiro atoms. The second-order valence-corrected chi connectivity index (χ2v) is 7.70. The third kappa shape index (κ3) is 5.58. The number of hydrogen-bond donors (Lipinski definition) is 1. The first-order valence-corrected chi connectivity index (χ1v) is 10.0. The molecule has 0 bridgehead atoms. The van der Waals surface area contributed by atoms with E-state index in [1.807, 2.05) is 38.4 Å². The molecule has 3 rings (SSSR count). The molecule has 0 saturated heterocycles. The van der Waals surface area contributed by atoms with Crippen molar-refractivity contribution in [2.75, 3.05) is 26.1 Å². The molecule has 0 radical (unpaired) electrons. The van der Waals surface area contributed by atoms with Crippen LogP contribution >= 0.6 is 0 Å². The number of hydrogen-bond acceptors (Lipinski definition) is 3. The number of benzene rings is 3. The molecule has 3 aromatic rings. The van der Waals surface area contributed by atoms with Crippen molar-refractivity contribution < 1.29 is 17.9 Å². The minimum atomic E-state index is -4.35. The Balaban J connectivity index is 1.78. The average Bonchev–Trinajstić information content (AvgIpc) is 2.76. The van der Waals surface area contributed by atoms with Gasteiger partial charge in [-0.1, -0.05) is 30.3 Å². The zero-order valence-electron chi connectivity index (χ0n) is 18.1. The fourth-order valence-corrected chi connectivity index (χ4v) is 3.39. The second kappa shape index (κ2) is 9.43.